The van der Waals surface area contributed by atoms with Crippen molar-refractivity contribution in [3.05, 3.63) is 69.2 Å². The van der Waals surface area contributed by atoms with Gasteiger partial charge in [0.25, 0.3) is 0 Å². The second-order valence-electron chi connectivity index (χ2n) is 4.82. The quantitative estimate of drug-likeness (QED) is 0.553. The van der Waals surface area contributed by atoms with Crippen LogP contribution in [0.25, 0.3) is 12.2 Å². The molecule has 2 aromatic carbocycles. The summed E-state index contributed by atoms with van der Waals surface area (Å²) in [5.74, 6) is 0. The molecule has 0 heterocycles. The van der Waals surface area contributed by atoms with Crippen molar-refractivity contribution in [3.63, 3.8) is 0 Å². The van der Waals surface area contributed by atoms with Gasteiger partial charge in [0, 0.05) is 15.6 Å². The van der Waals surface area contributed by atoms with Gasteiger partial charge in [0.1, 0.15) is 0 Å². The van der Waals surface area contributed by atoms with Crippen LogP contribution in [0.15, 0.2) is 42.5 Å². The van der Waals surface area contributed by atoms with Gasteiger partial charge in [-0.15, -0.1) is 0 Å². The van der Waals surface area contributed by atoms with Crippen molar-refractivity contribution in [2.75, 3.05) is 0 Å². The summed E-state index contributed by atoms with van der Waals surface area (Å²) >= 11 is 12.3. The van der Waals surface area contributed by atoms with Gasteiger partial charge < -0.3 is 0 Å². The summed E-state index contributed by atoms with van der Waals surface area (Å²) in [4.78, 5) is 0. The third-order valence-electron chi connectivity index (χ3n) is 3.21. The number of halogens is 2. The Hall–Kier alpha value is -1.24. The topological polar surface area (TPSA) is 0 Å². The van der Waals surface area contributed by atoms with Gasteiger partial charge in [0.05, 0.1) is 0 Å². The average molecular weight is 305 g/mol. The molecule has 0 aliphatic heterocycles. The van der Waals surface area contributed by atoms with E-state index in [2.05, 4.69) is 37.3 Å². The van der Waals surface area contributed by atoms with Crippen LogP contribution < -0.4 is 0 Å². The van der Waals surface area contributed by atoms with Gasteiger partial charge in [-0.2, -0.15) is 0 Å². The Bertz CT molecular complexity index is 580. The van der Waals surface area contributed by atoms with Crippen LogP contribution in [0.2, 0.25) is 10.0 Å². The first-order chi connectivity index (χ1) is 9.70. The summed E-state index contributed by atoms with van der Waals surface area (Å²) in [5, 5.41) is 1.35. The normalized spacial score (nSPS) is 11.2. The monoisotopic (exact) mass is 304 g/mol. The minimum atomic E-state index is 0.677. The fourth-order valence-corrected chi connectivity index (χ4v) is 2.61. The van der Waals surface area contributed by atoms with Crippen molar-refractivity contribution < 1.29 is 0 Å². The zero-order valence-electron chi connectivity index (χ0n) is 11.6. The second-order valence-corrected chi connectivity index (χ2v) is 5.63. The molecule has 0 aromatic heterocycles. The molecule has 104 valence electrons. The first-order valence-corrected chi connectivity index (χ1v) is 7.67. The van der Waals surface area contributed by atoms with Crippen molar-refractivity contribution in [2.24, 2.45) is 0 Å². The summed E-state index contributed by atoms with van der Waals surface area (Å²) in [6.07, 6.45) is 7.61. The van der Waals surface area contributed by atoms with Crippen molar-refractivity contribution in [1.82, 2.24) is 0 Å². The Morgan fingerprint density at radius 1 is 0.950 bits per heavy atom. The summed E-state index contributed by atoms with van der Waals surface area (Å²) < 4.78 is 0. The molecule has 0 amide bonds. The third kappa shape index (κ3) is 4.13. The molecule has 0 spiro atoms. The second kappa shape index (κ2) is 7.52. The van der Waals surface area contributed by atoms with Crippen LogP contribution in [0.3, 0.4) is 0 Å². The lowest BCUT2D eigenvalue weighted by Crippen LogP contribution is -1.85. The van der Waals surface area contributed by atoms with Gasteiger partial charge in [-0.3, -0.25) is 0 Å². The lowest BCUT2D eigenvalue weighted by atomic mass is 10.0. The molecule has 0 aliphatic rings. The van der Waals surface area contributed by atoms with E-state index in [1.165, 1.54) is 24.0 Å². The fourth-order valence-electron chi connectivity index (χ4n) is 2.08. The number of aryl methyl sites for hydroxylation is 1. The van der Waals surface area contributed by atoms with Crippen molar-refractivity contribution >= 4 is 35.4 Å². The Balaban J connectivity index is 2.19. The zero-order chi connectivity index (χ0) is 14.4. The lowest BCUT2D eigenvalue weighted by molar-refractivity contribution is 0.795. The van der Waals surface area contributed by atoms with Crippen LogP contribution in [-0.4, -0.2) is 0 Å². The van der Waals surface area contributed by atoms with E-state index >= 15 is 0 Å². The molecule has 0 fully saturated rings. The van der Waals surface area contributed by atoms with Crippen molar-refractivity contribution in [1.29, 1.82) is 0 Å². The highest BCUT2D eigenvalue weighted by molar-refractivity contribution is 6.37. The molecule has 2 heteroatoms. The average Bonchev–Trinajstić information content (AvgIpc) is 2.45. The van der Waals surface area contributed by atoms with E-state index in [-0.39, 0.29) is 0 Å². The maximum absolute atomic E-state index is 6.16. The standard InChI is InChI=1S/C18H18Cl2/c1-2-3-6-14-7-4-8-15(13-14)11-12-16-17(19)9-5-10-18(16)20/h4-5,7-13H,2-3,6H2,1H3/b12-11+. The number of benzene rings is 2. The molecule has 0 atom stereocenters. The molecule has 2 rings (SSSR count). The van der Waals surface area contributed by atoms with Crippen LogP contribution in [-0.2, 0) is 6.42 Å². The minimum absolute atomic E-state index is 0.677. The summed E-state index contributed by atoms with van der Waals surface area (Å²) in [6, 6.07) is 14.1. The summed E-state index contributed by atoms with van der Waals surface area (Å²) in [5.41, 5.74) is 3.42. The minimum Gasteiger partial charge on any atom is -0.0836 e. The number of unbranched alkanes of at least 4 members (excludes halogenated alkanes) is 1. The molecule has 20 heavy (non-hydrogen) atoms. The van der Waals surface area contributed by atoms with Gasteiger partial charge in [0.15, 0.2) is 0 Å². The first-order valence-electron chi connectivity index (χ1n) is 6.91. The Morgan fingerprint density at radius 3 is 2.35 bits per heavy atom. The van der Waals surface area contributed by atoms with Crippen molar-refractivity contribution in [2.45, 2.75) is 26.2 Å². The predicted octanol–water partition coefficient (Wildman–Crippen LogP) is 6.51. The fraction of sp³-hybridized carbons (Fsp3) is 0.222. The van der Waals surface area contributed by atoms with E-state index in [0.717, 1.165) is 12.0 Å². The molecule has 0 unspecified atom stereocenters. The van der Waals surface area contributed by atoms with E-state index in [1.807, 2.05) is 24.3 Å². The molecule has 0 saturated heterocycles. The highest BCUT2D eigenvalue weighted by Gasteiger charge is 2.01. The predicted molar refractivity (Wildman–Crippen MR) is 90.4 cm³/mol. The molecule has 0 N–H and O–H groups in total. The third-order valence-corrected chi connectivity index (χ3v) is 3.87. The van der Waals surface area contributed by atoms with Crippen LogP contribution in [0.5, 0.6) is 0 Å². The summed E-state index contributed by atoms with van der Waals surface area (Å²) in [7, 11) is 0. The maximum atomic E-state index is 6.16. The molecule has 0 bridgehead atoms. The first kappa shape index (κ1) is 15.2. The smallest absolute Gasteiger partial charge is 0.0493 e. The van der Waals surface area contributed by atoms with E-state index in [1.54, 1.807) is 0 Å². The van der Waals surface area contributed by atoms with Gasteiger partial charge in [-0.25, -0.2) is 0 Å². The van der Waals surface area contributed by atoms with Crippen LogP contribution >= 0.6 is 23.2 Å². The molecular formula is C18H18Cl2. The molecule has 0 nitrogen and oxygen atoms in total. The van der Waals surface area contributed by atoms with E-state index in [0.29, 0.717) is 10.0 Å². The number of hydrogen-bond acceptors (Lipinski definition) is 0. The molecule has 2 aromatic rings. The van der Waals surface area contributed by atoms with E-state index < -0.39 is 0 Å². The van der Waals surface area contributed by atoms with E-state index in [9.17, 15) is 0 Å². The van der Waals surface area contributed by atoms with Gasteiger partial charge >= 0.3 is 0 Å². The van der Waals surface area contributed by atoms with Crippen LogP contribution in [0, 0.1) is 0 Å². The number of rotatable bonds is 5. The molecule has 0 radical (unpaired) electrons. The van der Waals surface area contributed by atoms with Gasteiger partial charge in [-0.05, 0) is 36.1 Å². The lowest BCUT2D eigenvalue weighted by Gasteiger charge is -2.03. The highest BCUT2D eigenvalue weighted by atomic mass is 35.5. The Kier molecular flexibility index (Phi) is 5.70. The van der Waals surface area contributed by atoms with Gasteiger partial charge in [-0.1, -0.05) is 79.0 Å². The molecule has 0 saturated carbocycles. The van der Waals surface area contributed by atoms with Crippen LogP contribution in [0.1, 0.15) is 36.5 Å². The van der Waals surface area contributed by atoms with E-state index in [4.69, 9.17) is 23.2 Å². The largest absolute Gasteiger partial charge is 0.0836 e. The van der Waals surface area contributed by atoms with Crippen molar-refractivity contribution in [3.8, 4) is 0 Å². The zero-order valence-corrected chi connectivity index (χ0v) is 13.1. The highest BCUT2D eigenvalue weighted by Crippen LogP contribution is 2.26. The maximum Gasteiger partial charge on any atom is 0.0493 e. The Morgan fingerprint density at radius 2 is 1.65 bits per heavy atom. The Labute approximate surface area is 131 Å². The van der Waals surface area contributed by atoms with Gasteiger partial charge in [0.2, 0.25) is 0 Å². The van der Waals surface area contributed by atoms with Crippen LogP contribution in [0.4, 0.5) is 0 Å². The molecule has 0 aliphatic carbocycles. The number of hydrogen-bond donors (Lipinski definition) is 0. The molecular weight excluding hydrogens is 287 g/mol. The SMILES string of the molecule is CCCCc1cccc(/C=C/c2c(Cl)cccc2Cl)c1. The summed E-state index contributed by atoms with van der Waals surface area (Å²) in [6.45, 7) is 2.21.